The van der Waals surface area contributed by atoms with Crippen molar-refractivity contribution >= 4 is 15.9 Å². The van der Waals surface area contributed by atoms with Crippen LogP contribution < -0.4 is 5.32 Å². The van der Waals surface area contributed by atoms with E-state index in [2.05, 4.69) is 52.4 Å². The molecule has 0 aliphatic heterocycles. The van der Waals surface area contributed by atoms with Crippen LogP contribution in [0.4, 0.5) is 4.39 Å². The van der Waals surface area contributed by atoms with E-state index in [9.17, 15) is 4.39 Å². The second-order valence-electron chi connectivity index (χ2n) is 5.16. The molecule has 1 atom stereocenters. The van der Waals surface area contributed by atoms with Gasteiger partial charge < -0.3 is 5.32 Å². The van der Waals surface area contributed by atoms with Gasteiger partial charge in [0, 0.05) is 10.5 Å². The minimum Gasteiger partial charge on any atom is -0.316 e. The topological polar surface area (TPSA) is 12.0 Å². The van der Waals surface area contributed by atoms with Gasteiger partial charge in [-0.25, -0.2) is 4.39 Å². The van der Waals surface area contributed by atoms with Gasteiger partial charge in [0.25, 0.3) is 0 Å². The minimum atomic E-state index is -0.195. The molecule has 2 aromatic rings. The fraction of sp³-hybridized carbons (Fsp3) is 0.294. The Bertz CT molecular complexity index is 545. The van der Waals surface area contributed by atoms with E-state index in [1.807, 2.05) is 13.1 Å². The average Bonchev–Trinajstić information content (AvgIpc) is 2.39. The van der Waals surface area contributed by atoms with Crippen LogP contribution in [0.5, 0.6) is 0 Å². The van der Waals surface area contributed by atoms with Crippen LogP contribution in [0.3, 0.4) is 0 Å². The van der Waals surface area contributed by atoms with Crippen molar-refractivity contribution in [3.63, 3.8) is 0 Å². The summed E-state index contributed by atoms with van der Waals surface area (Å²) in [6.07, 6.45) is 1.74. The fourth-order valence-electron chi connectivity index (χ4n) is 2.30. The molecule has 2 aromatic carbocycles. The van der Waals surface area contributed by atoms with Crippen molar-refractivity contribution in [3.05, 3.63) is 69.4 Å². The average molecular weight is 336 g/mol. The number of nitrogens with one attached hydrogen (secondary N) is 1. The van der Waals surface area contributed by atoms with Crippen LogP contribution in [0, 0.1) is 12.7 Å². The monoisotopic (exact) mass is 335 g/mol. The van der Waals surface area contributed by atoms with E-state index >= 15 is 0 Å². The number of halogens is 2. The van der Waals surface area contributed by atoms with Crippen molar-refractivity contribution in [2.45, 2.75) is 25.8 Å². The molecule has 0 saturated heterocycles. The minimum absolute atomic E-state index is 0.195. The second-order valence-corrected chi connectivity index (χ2v) is 6.07. The Morgan fingerprint density at radius 1 is 1.05 bits per heavy atom. The molecule has 0 spiro atoms. The molecule has 0 aliphatic carbocycles. The van der Waals surface area contributed by atoms with E-state index in [0.717, 1.165) is 22.9 Å². The molecule has 0 heterocycles. The Morgan fingerprint density at radius 2 is 1.70 bits per heavy atom. The first-order valence-corrected chi connectivity index (χ1v) is 7.54. The third kappa shape index (κ3) is 4.43. The quantitative estimate of drug-likeness (QED) is 0.860. The number of aryl methyl sites for hydroxylation is 1. The first-order valence-electron chi connectivity index (χ1n) is 6.74. The number of likely N-dealkylation sites (N-methyl/N-ethyl adjacent to an activating group) is 1. The van der Waals surface area contributed by atoms with E-state index in [4.69, 9.17) is 0 Å². The highest BCUT2D eigenvalue weighted by atomic mass is 79.9. The first kappa shape index (κ1) is 15.2. The molecule has 0 aromatic heterocycles. The lowest BCUT2D eigenvalue weighted by molar-refractivity contribution is 0.552. The lowest BCUT2D eigenvalue weighted by Crippen LogP contribution is -2.29. The normalized spacial score (nSPS) is 12.4. The molecule has 2 rings (SSSR count). The van der Waals surface area contributed by atoms with Gasteiger partial charge in [-0.15, -0.1) is 0 Å². The third-order valence-corrected chi connectivity index (χ3v) is 3.87. The summed E-state index contributed by atoms with van der Waals surface area (Å²) in [6.45, 7) is 2.09. The number of benzene rings is 2. The summed E-state index contributed by atoms with van der Waals surface area (Å²) in [5.41, 5.74) is 3.57. The number of hydrogen-bond donors (Lipinski definition) is 1. The van der Waals surface area contributed by atoms with Gasteiger partial charge in [-0.1, -0.05) is 45.8 Å². The van der Waals surface area contributed by atoms with Crippen molar-refractivity contribution in [1.29, 1.82) is 0 Å². The van der Waals surface area contributed by atoms with E-state index < -0.39 is 0 Å². The lowest BCUT2D eigenvalue weighted by atomic mass is 9.98. The summed E-state index contributed by atoms with van der Waals surface area (Å²) in [5, 5.41) is 3.31. The summed E-state index contributed by atoms with van der Waals surface area (Å²) in [4.78, 5) is 0. The Kier molecular flexibility index (Phi) is 5.32. The molecule has 0 saturated carbocycles. The van der Waals surface area contributed by atoms with Crippen LogP contribution in [0.2, 0.25) is 0 Å². The molecule has 1 unspecified atom stereocenters. The highest BCUT2D eigenvalue weighted by molar-refractivity contribution is 9.10. The van der Waals surface area contributed by atoms with Crippen LogP contribution in [0.25, 0.3) is 0 Å². The van der Waals surface area contributed by atoms with Gasteiger partial charge in [0.2, 0.25) is 0 Å². The van der Waals surface area contributed by atoms with Crippen LogP contribution in [-0.2, 0) is 12.8 Å². The molecule has 106 valence electrons. The predicted molar refractivity (Wildman–Crippen MR) is 85.5 cm³/mol. The van der Waals surface area contributed by atoms with Crippen molar-refractivity contribution < 1.29 is 4.39 Å². The predicted octanol–water partition coefficient (Wildman–Crippen LogP) is 4.27. The SMILES string of the molecule is CNC(Cc1ccc(C)cc1)Cc1cc(F)cc(Br)c1. The summed E-state index contributed by atoms with van der Waals surface area (Å²) >= 11 is 3.34. The fourth-order valence-corrected chi connectivity index (χ4v) is 2.81. The van der Waals surface area contributed by atoms with Gasteiger partial charge >= 0.3 is 0 Å². The van der Waals surface area contributed by atoms with Crippen molar-refractivity contribution in [2.75, 3.05) is 7.05 Å². The molecule has 0 amide bonds. The third-order valence-electron chi connectivity index (χ3n) is 3.42. The Morgan fingerprint density at radius 3 is 2.30 bits per heavy atom. The van der Waals surface area contributed by atoms with Gasteiger partial charge in [0.05, 0.1) is 0 Å². The first-order chi connectivity index (χ1) is 9.56. The van der Waals surface area contributed by atoms with Gasteiger partial charge in [0.15, 0.2) is 0 Å². The molecule has 0 fully saturated rings. The molecule has 0 aliphatic rings. The van der Waals surface area contributed by atoms with E-state index in [-0.39, 0.29) is 5.82 Å². The second kappa shape index (κ2) is 7.00. The molecule has 3 heteroatoms. The van der Waals surface area contributed by atoms with Crippen LogP contribution in [0.1, 0.15) is 16.7 Å². The molecule has 1 nitrogen and oxygen atoms in total. The zero-order valence-corrected chi connectivity index (χ0v) is 13.4. The van der Waals surface area contributed by atoms with Crippen LogP contribution in [-0.4, -0.2) is 13.1 Å². The van der Waals surface area contributed by atoms with E-state index in [0.29, 0.717) is 6.04 Å². The molecule has 0 bridgehead atoms. The largest absolute Gasteiger partial charge is 0.316 e. The van der Waals surface area contributed by atoms with Gasteiger partial charge in [-0.05, 0) is 56.1 Å². The Hall–Kier alpha value is -1.19. The smallest absolute Gasteiger partial charge is 0.124 e. The maximum atomic E-state index is 13.4. The summed E-state index contributed by atoms with van der Waals surface area (Å²) in [6, 6.07) is 13.9. The molecule has 20 heavy (non-hydrogen) atoms. The lowest BCUT2D eigenvalue weighted by Gasteiger charge is -2.17. The highest BCUT2D eigenvalue weighted by Crippen LogP contribution is 2.17. The molecule has 1 N–H and O–H groups in total. The van der Waals surface area contributed by atoms with Crippen molar-refractivity contribution in [2.24, 2.45) is 0 Å². The summed E-state index contributed by atoms with van der Waals surface area (Å²) < 4.78 is 14.2. The van der Waals surface area contributed by atoms with Crippen LogP contribution in [0.15, 0.2) is 46.9 Å². The maximum Gasteiger partial charge on any atom is 0.124 e. The van der Waals surface area contributed by atoms with Crippen LogP contribution >= 0.6 is 15.9 Å². The number of hydrogen-bond acceptors (Lipinski definition) is 1. The molecular formula is C17H19BrFN. The van der Waals surface area contributed by atoms with Gasteiger partial charge in [0.1, 0.15) is 5.82 Å². The van der Waals surface area contributed by atoms with Crippen molar-refractivity contribution in [3.8, 4) is 0 Å². The van der Waals surface area contributed by atoms with E-state index in [1.165, 1.54) is 17.2 Å². The Labute approximate surface area is 128 Å². The van der Waals surface area contributed by atoms with E-state index in [1.54, 1.807) is 6.07 Å². The highest BCUT2D eigenvalue weighted by Gasteiger charge is 2.10. The molecule has 0 radical (unpaired) electrons. The molecular weight excluding hydrogens is 317 g/mol. The zero-order valence-electron chi connectivity index (χ0n) is 11.8. The van der Waals surface area contributed by atoms with Gasteiger partial charge in [-0.3, -0.25) is 0 Å². The van der Waals surface area contributed by atoms with Crippen molar-refractivity contribution in [1.82, 2.24) is 5.32 Å². The standard InChI is InChI=1S/C17H19BrFN/c1-12-3-5-13(6-4-12)9-17(20-2)10-14-7-15(18)11-16(19)8-14/h3-8,11,17,20H,9-10H2,1-2H3. The summed E-state index contributed by atoms with van der Waals surface area (Å²) in [5.74, 6) is -0.195. The zero-order chi connectivity index (χ0) is 14.5. The summed E-state index contributed by atoms with van der Waals surface area (Å²) in [7, 11) is 1.95. The number of rotatable bonds is 5. The maximum absolute atomic E-state index is 13.4. The van der Waals surface area contributed by atoms with Gasteiger partial charge in [-0.2, -0.15) is 0 Å². The Balaban J connectivity index is 2.06.